The second-order valence-electron chi connectivity index (χ2n) is 5.69. The normalized spacial score (nSPS) is 25.5. The van der Waals surface area contributed by atoms with Crippen molar-refractivity contribution in [2.75, 3.05) is 26.7 Å². The lowest BCUT2D eigenvalue weighted by Crippen LogP contribution is -2.44. The molecule has 0 aromatic rings. The summed E-state index contributed by atoms with van der Waals surface area (Å²) >= 11 is 0. The monoisotopic (exact) mass is 243 g/mol. The molecule has 0 bridgehead atoms. The molecule has 1 fully saturated rings. The van der Waals surface area contributed by atoms with Gasteiger partial charge in [0.25, 0.3) is 0 Å². The van der Waals surface area contributed by atoms with E-state index in [4.69, 9.17) is 10.5 Å². The Morgan fingerprint density at radius 2 is 2.06 bits per heavy atom. The van der Waals surface area contributed by atoms with E-state index >= 15 is 0 Å². The molecule has 2 N–H and O–H groups in total. The first-order valence-electron chi connectivity index (χ1n) is 6.18. The summed E-state index contributed by atoms with van der Waals surface area (Å²) in [6.07, 6.45) is -0.264. The summed E-state index contributed by atoms with van der Waals surface area (Å²) in [5.74, 6) is 0. The zero-order valence-electron chi connectivity index (χ0n) is 11.6. The van der Waals surface area contributed by atoms with Crippen LogP contribution in [-0.4, -0.2) is 60.3 Å². The number of likely N-dealkylation sites (tertiary alicyclic amines) is 1. The molecule has 0 unspecified atom stereocenters. The second-order valence-corrected chi connectivity index (χ2v) is 5.69. The van der Waals surface area contributed by atoms with Gasteiger partial charge < -0.3 is 20.3 Å². The lowest BCUT2D eigenvalue weighted by atomic mass is 10.1. The predicted octanol–water partition coefficient (Wildman–Crippen LogP) is 0.885. The van der Waals surface area contributed by atoms with Crippen LogP contribution in [0, 0.1) is 0 Å². The summed E-state index contributed by atoms with van der Waals surface area (Å²) in [4.78, 5) is 15.8. The van der Waals surface area contributed by atoms with E-state index in [1.807, 2.05) is 27.8 Å². The van der Waals surface area contributed by atoms with Gasteiger partial charge in [-0.15, -0.1) is 0 Å². The van der Waals surface area contributed by atoms with E-state index in [0.717, 1.165) is 6.54 Å². The minimum absolute atomic E-state index is 0.00692. The number of ether oxygens (including phenoxy) is 1. The van der Waals surface area contributed by atoms with Gasteiger partial charge in [0.2, 0.25) is 0 Å². The van der Waals surface area contributed by atoms with Gasteiger partial charge in [-0.2, -0.15) is 0 Å². The van der Waals surface area contributed by atoms with E-state index in [2.05, 4.69) is 11.8 Å². The van der Waals surface area contributed by atoms with Gasteiger partial charge in [-0.05, 0) is 34.4 Å². The Labute approximate surface area is 104 Å². The molecule has 0 aromatic heterocycles. The minimum atomic E-state index is -0.448. The second kappa shape index (κ2) is 5.23. The quantitative estimate of drug-likeness (QED) is 0.782. The molecular weight excluding hydrogens is 218 g/mol. The molecule has 0 spiro atoms. The molecule has 0 aromatic carbocycles. The standard InChI is InChI=1S/C12H25N3O2/c1-6-14(5)10-8-15(7-9(10)13)11(16)17-12(2,3)4/h9-10H,6-8,13H2,1-5H3/t9-,10-/m0/s1. The molecule has 5 heteroatoms. The third-order valence-corrected chi connectivity index (χ3v) is 3.05. The average molecular weight is 243 g/mol. The average Bonchev–Trinajstić information content (AvgIpc) is 2.57. The molecule has 1 heterocycles. The van der Waals surface area contributed by atoms with Gasteiger partial charge in [0.05, 0.1) is 0 Å². The van der Waals surface area contributed by atoms with Crippen molar-refractivity contribution >= 4 is 6.09 Å². The Bertz CT molecular complexity index is 275. The number of carbonyl (C=O) groups excluding carboxylic acids is 1. The third kappa shape index (κ3) is 3.85. The van der Waals surface area contributed by atoms with Gasteiger partial charge in [0.1, 0.15) is 5.60 Å². The fourth-order valence-corrected chi connectivity index (χ4v) is 1.99. The molecule has 2 atom stereocenters. The number of amides is 1. The van der Waals surface area contributed by atoms with Gasteiger partial charge in [-0.1, -0.05) is 6.92 Å². The SMILES string of the molecule is CCN(C)[C@H]1CN(C(=O)OC(C)(C)C)C[C@@H]1N. The molecule has 100 valence electrons. The number of carbonyl (C=O) groups is 1. The molecule has 0 aliphatic carbocycles. The summed E-state index contributed by atoms with van der Waals surface area (Å²) in [5.41, 5.74) is 5.61. The number of hydrogen-bond acceptors (Lipinski definition) is 4. The number of nitrogens with two attached hydrogens (primary N) is 1. The maximum absolute atomic E-state index is 11.9. The molecular formula is C12H25N3O2. The topological polar surface area (TPSA) is 58.8 Å². The van der Waals surface area contributed by atoms with Crippen molar-refractivity contribution in [2.24, 2.45) is 5.73 Å². The molecule has 0 saturated carbocycles. The van der Waals surface area contributed by atoms with Crippen LogP contribution in [0.2, 0.25) is 0 Å². The molecule has 1 rings (SSSR count). The minimum Gasteiger partial charge on any atom is -0.444 e. The first kappa shape index (κ1) is 14.3. The van der Waals surface area contributed by atoms with E-state index in [1.54, 1.807) is 4.90 Å². The van der Waals surface area contributed by atoms with Crippen LogP contribution in [0.3, 0.4) is 0 Å². The van der Waals surface area contributed by atoms with Gasteiger partial charge in [0, 0.05) is 25.2 Å². The van der Waals surface area contributed by atoms with Crippen LogP contribution in [0.1, 0.15) is 27.7 Å². The highest BCUT2D eigenvalue weighted by molar-refractivity contribution is 5.68. The number of nitrogens with zero attached hydrogens (tertiary/aromatic N) is 2. The summed E-state index contributed by atoms with van der Waals surface area (Å²) < 4.78 is 5.34. The fraction of sp³-hybridized carbons (Fsp3) is 0.917. The Hall–Kier alpha value is -0.810. The fourth-order valence-electron chi connectivity index (χ4n) is 1.99. The number of hydrogen-bond donors (Lipinski definition) is 1. The smallest absolute Gasteiger partial charge is 0.410 e. The molecule has 0 radical (unpaired) electrons. The van der Waals surface area contributed by atoms with Crippen molar-refractivity contribution in [2.45, 2.75) is 45.4 Å². The van der Waals surface area contributed by atoms with Gasteiger partial charge in [-0.25, -0.2) is 4.79 Å². The van der Waals surface area contributed by atoms with Crippen LogP contribution >= 0.6 is 0 Å². The molecule has 1 aliphatic rings. The highest BCUT2D eigenvalue weighted by atomic mass is 16.6. The molecule has 1 aliphatic heterocycles. The maximum Gasteiger partial charge on any atom is 0.410 e. The first-order chi connectivity index (χ1) is 7.74. The van der Waals surface area contributed by atoms with Crippen molar-refractivity contribution in [3.63, 3.8) is 0 Å². The van der Waals surface area contributed by atoms with Crippen LogP contribution in [0.25, 0.3) is 0 Å². The zero-order chi connectivity index (χ0) is 13.2. The zero-order valence-corrected chi connectivity index (χ0v) is 11.6. The van der Waals surface area contributed by atoms with Crippen LogP contribution in [0.15, 0.2) is 0 Å². The Balaban J connectivity index is 2.57. The van der Waals surface area contributed by atoms with Crippen LogP contribution in [-0.2, 0) is 4.74 Å². The van der Waals surface area contributed by atoms with Crippen molar-refractivity contribution in [1.29, 1.82) is 0 Å². The molecule has 1 amide bonds. The van der Waals surface area contributed by atoms with E-state index in [-0.39, 0.29) is 18.2 Å². The van der Waals surface area contributed by atoms with E-state index in [9.17, 15) is 4.79 Å². The highest BCUT2D eigenvalue weighted by Crippen LogP contribution is 2.17. The number of rotatable bonds is 2. The van der Waals surface area contributed by atoms with Crippen molar-refractivity contribution < 1.29 is 9.53 Å². The van der Waals surface area contributed by atoms with Crippen molar-refractivity contribution in [3.05, 3.63) is 0 Å². The van der Waals surface area contributed by atoms with Crippen molar-refractivity contribution in [3.8, 4) is 0 Å². The van der Waals surface area contributed by atoms with Crippen LogP contribution < -0.4 is 5.73 Å². The maximum atomic E-state index is 11.9. The Morgan fingerprint density at radius 1 is 1.47 bits per heavy atom. The van der Waals surface area contributed by atoms with Gasteiger partial charge in [-0.3, -0.25) is 0 Å². The first-order valence-corrected chi connectivity index (χ1v) is 6.18. The molecule has 17 heavy (non-hydrogen) atoms. The highest BCUT2D eigenvalue weighted by Gasteiger charge is 2.36. The Morgan fingerprint density at radius 3 is 2.53 bits per heavy atom. The summed E-state index contributed by atoms with van der Waals surface area (Å²) in [6.45, 7) is 9.86. The van der Waals surface area contributed by atoms with Crippen LogP contribution in [0.4, 0.5) is 4.79 Å². The summed E-state index contributed by atoms with van der Waals surface area (Å²) in [6, 6.07) is 0.236. The number of likely N-dealkylation sites (N-methyl/N-ethyl adjacent to an activating group) is 1. The summed E-state index contributed by atoms with van der Waals surface area (Å²) in [5, 5.41) is 0. The van der Waals surface area contributed by atoms with E-state index in [0.29, 0.717) is 13.1 Å². The molecule has 1 saturated heterocycles. The third-order valence-electron chi connectivity index (χ3n) is 3.05. The van der Waals surface area contributed by atoms with Gasteiger partial charge >= 0.3 is 6.09 Å². The van der Waals surface area contributed by atoms with Gasteiger partial charge in [0.15, 0.2) is 0 Å². The predicted molar refractivity (Wildman–Crippen MR) is 67.9 cm³/mol. The van der Waals surface area contributed by atoms with Crippen molar-refractivity contribution in [1.82, 2.24) is 9.80 Å². The van der Waals surface area contributed by atoms with Crippen LogP contribution in [0.5, 0.6) is 0 Å². The Kier molecular flexibility index (Phi) is 4.38. The lowest BCUT2D eigenvalue weighted by molar-refractivity contribution is 0.0282. The van der Waals surface area contributed by atoms with E-state index < -0.39 is 5.60 Å². The summed E-state index contributed by atoms with van der Waals surface area (Å²) in [7, 11) is 2.03. The lowest BCUT2D eigenvalue weighted by Gasteiger charge is -2.26. The molecule has 5 nitrogen and oxygen atoms in total. The largest absolute Gasteiger partial charge is 0.444 e. The van der Waals surface area contributed by atoms with E-state index in [1.165, 1.54) is 0 Å².